The molecule has 6 rings (SSSR count). The smallest absolute Gasteiger partial charge is 0.260 e. The Kier molecular flexibility index (Phi) is 4.72. The summed E-state index contributed by atoms with van der Waals surface area (Å²) in [5, 5.41) is 4.19. The summed E-state index contributed by atoms with van der Waals surface area (Å²) in [5.41, 5.74) is 5.52. The van der Waals surface area contributed by atoms with Crippen LogP contribution in [0.25, 0.3) is 16.7 Å². The number of fused-ring (bicyclic) bond motifs is 2. The second-order valence-electron chi connectivity index (χ2n) is 10.1. The fourth-order valence-corrected chi connectivity index (χ4v) is 5.80. The van der Waals surface area contributed by atoms with Gasteiger partial charge in [0, 0.05) is 82.6 Å². The van der Waals surface area contributed by atoms with E-state index in [1.165, 1.54) is 12.1 Å². The van der Waals surface area contributed by atoms with Gasteiger partial charge in [-0.2, -0.15) is 0 Å². The average Bonchev–Trinajstić information content (AvgIpc) is 3.57. The molecule has 1 saturated heterocycles. The average molecular weight is 517 g/mol. The van der Waals surface area contributed by atoms with Gasteiger partial charge in [-0.05, 0) is 74.2 Å². The van der Waals surface area contributed by atoms with Gasteiger partial charge in [0.25, 0.3) is 11.5 Å². The van der Waals surface area contributed by atoms with Crippen molar-refractivity contribution in [2.45, 2.75) is 31.7 Å². The summed E-state index contributed by atoms with van der Waals surface area (Å²) in [6, 6.07) is 12.6. The van der Waals surface area contributed by atoms with E-state index in [0.717, 1.165) is 84.7 Å². The zero-order valence-corrected chi connectivity index (χ0v) is 21.3. The van der Waals surface area contributed by atoms with E-state index in [9.17, 15) is 9.59 Å². The molecule has 1 aromatic carbocycles. The quantitative estimate of drug-likeness (QED) is 0.437. The van der Waals surface area contributed by atoms with E-state index in [0.29, 0.717) is 0 Å². The number of pyridine rings is 2. The molecule has 2 aliphatic rings. The van der Waals surface area contributed by atoms with Crippen LogP contribution in [0, 0.1) is 0 Å². The Morgan fingerprint density at radius 2 is 1.95 bits per heavy atom. The van der Waals surface area contributed by atoms with Crippen LogP contribution >= 0.6 is 0 Å². The zero-order chi connectivity index (χ0) is 31.4. The highest BCUT2D eigenvalue weighted by atomic mass is 16.2. The Labute approximate surface area is 230 Å². The topological polar surface area (TPSA) is 75.4 Å². The van der Waals surface area contributed by atoms with Crippen molar-refractivity contribution >= 4 is 22.6 Å². The molecule has 5 heterocycles. The van der Waals surface area contributed by atoms with Gasteiger partial charge in [-0.15, -0.1) is 0 Å². The van der Waals surface area contributed by atoms with Crippen LogP contribution in [0.1, 0.15) is 54.2 Å². The number of aromatic nitrogens is 3. The molecule has 1 N–H and O–H groups in total. The molecular weight excluding hydrogens is 476 g/mol. The highest BCUT2D eigenvalue weighted by Gasteiger charge is 2.23. The molecule has 4 aromatic rings. The van der Waals surface area contributed by atoms with E-state index in [-0.39, 0.29) is 21.9 Å². The molecule has 0 unspecified atom stereocenters. The number of carbonyl (C=O) groups excluding carboxylic acids is 1. The zero-order valence-electron chi connectivity index (χ0n) is 27.3. The number of anilines is 1. The largest absolute Gasteiger partial charge is 0.384 e. The fraction of sp³-hybridized carbons (Fsp3) is 0.367. The molecule has 196 valence electrons. The van der Waals surface area contributed by atoms with Crippen LogP contribution in [0.4, 0.5) is 5.69 Å². The molecule has 3 aromatic heterocycles. The number of benzene rings is 1. The van der Waals surface area contributed by atoms with Crippen molar-refractivity contribution in [2.24, 2.45) is 7.05 Å². The third-order valence-electron chi connectivity index (χ3n) is 7.95. The maximum Gasteiger partial charge on any atom is 0.260 e. The van der Waals surface area contributed by atoms with Crippen molar-refractivity contribution in [3.8, 4) is 5.69 Å². The molecule has 2 aliphatic heterocycles. The van der Waals surface area contributed by atoms with Gasteiger partial charge in [-0.1, -0.05) is 12.1 Å². The maximum absolute atomic E-state index is 13.2. The lowest BCUT2D eigenvalue weighted by Gasteiger charge is -2.32. The number of rotatable bonds is 5. The Morgan fingerprint density at radius 1 is 1.16 bits per heavy atom. The van der Waals surface area contributed by atoms with Crippen molar-refractivity contribution in [3.05, 3.63) is 87.6 Å². The number of aryl methyl sites for hydroxylation is 1. The molecule has 0 spiro atoms. The minimum absolute atomic E-state index is 0.00300. The Balaban J connectivity index is 1.14. The summed E-state index contributed by atoms with van der Waals surface area (Å²) < 4.78 is 48.8. The number of carbonyl (C=O) groups is 1. The van der Waals surface area contributed by atoms with Crippen molar-refractivity contribution < 1.29 is 13.0 Å². The van der Waals surface area contributed by atoms with Crippen LogP contribution in [0.2, 0.25) is 0 Å². The number of hydrogen-bond acceptors (Lipinski definition) is 5. The molecular formula is C30H34N6O2. The molecule has 0 bridgehead atoms. The van der Waals surface area contributed by atoms with Gasteiger partial charge in [0.2, 0.25) is 0 Å². The second kappa shape index (κ2) is 9.76. The summed E-state index contributed by atoms with van der Waals surface area (Å²) in [4.78, 5) is 33.0. The Morgan fingerprint density at radius 3 is 2.71 bits per heavy atom. The van der Waals surface area contributed by atoms with E-state index in [4.69, 9.17) is 8.22 Å². The Bertz CT molecular complexity index is 1750. The monoisotopic (exact) mass is 516 g/mol. The fourth-order valence-electron chi connectivity index (χ4n) is 5.80. The first-order chi connectivity index (χ1) is 20.8. The molecule has 0 saturated carbocycles. The third kappa shape index (κ3) is 4.28. The molecule has 1 fully saturated rings. The van der Waals surface area contributed by atoms with E-state index in [1.807, 2.05) is 25.4 Å². The van der Waals surface area contributed by atoms with Crippen molar-refractivity contribution in [3.63, 3.8) is 0 Å². The van der Waals surface area contributed by atoms with Gasteiger partial charge in [-0.3, -0.25) is 19.1 Å². The summed E-state index contributed by atoms with van der Waals surface area (Å²) in [6.07, 6.45) is 6.08. The van der Waals surface area contributed by atoms with Crippen molar-refractivity contribution in [2.75, 3.05) is 38.9 Å². The van der Waals surface area contributed by atoms with Crippen molar-refractivity contribution in [1.29, 1.82) is 0 Å². The molecule has 0 atom stereocenters. The summed E-state index contributed by atoms with van der Waals surface area (Å²) in [5.74, 6) is -0.782. The summed E-state index contributed by atoms with van der Waals surface area (Å²) in [6.45, 7) is -2.93. The first-order valence-electron chi connectivity index (χ1n) is 15.9. The van der Waals surface area contributed by atoms with Crippen LogP contribution in [0.3, 0.4) is 0 Å². The minimum Gasteiger partial charge on any atom is -0.384 e. The van der Waals surface area contributed by atoms with Crippen LogP contribution in [-0.4, -0.2) is 63.4 Å². The van der Waals surface area contributed by atoms with Crippen LogP contribution in [0.15, 0.2) is 59.7 Å². The lowest BCUT2D eigenvalue weighted by atomic mass is 9.89. The van der Waals surface area contributed by atoms with Gasteiger partial charge in [0.05, 0.1) is 5.69 Å². The van der Waals surface area contributed by atoms with Gasteiger partial charge in [0.15, 0.2) is 0 Å². The Hall–Kier alpha value is -3.91. The predicted octanol–water partition coefficient (Wildman–Crippen LogP) is 3.77. The number of nitrogens with one attached hydrogen (secondary N) is 1. The SMILES string of the molecule is [2H]C([2H])([2H])N(C(=O)c1ccc(C2CCN(Cc3cc4c(-n5ccc6c(c5=O)CCN6)ccnc4n3C)CC2)cc1)C([2H])([2H])[2H]. The van der Waals surface area contributed by atoms with Crippen LogP contribution < -0.4 is 10.9 Å². The molecule has 38 heavy (non-hydrogen) atoms. The molecule has 1 amide bonds. The number of nitrogens with zero attached hydrogens (tertiary/aromatic N) is 5. The van der Waals surface area contributed by atoms with E-state index >= 15 is 0 Å². The third-order valence-corrected chi connectivity index (χ3v) is 7.95. The lowest BCUT2D eigenvalue weighted by Crippen LogP contribution is -2.33. The second-order valence-corrected chi connectivity index (χ2v) is 10.1. The highest BCUT2D eigenvalue weighted by Crippen LogP contribution is 2.30. The van der Waals surface area contributed by atoms with Gasteiger partial charge in [0.1, 0.15) is 5.65 Å². The number of amides is 1. The molecule has 8 heteroatoms. The standard InChI is InChI=1S/C30H34N6O2/c1-33(2)29(37)22-6-4-20(5-7-22)21-10-15-35(16-11-21)19-23-18-25-27(9-14-32-28(25)34(23)3)36-17-12-26-24(30(36)38)8-13-31-26/h4-7,9,12,14,17-18,21,31H,8,10-11,13,15-16,19H2,1-3H3/i1D3,2D3. The number of piperidine rings is 1. The number of hydrogen-bond donors (Lipinski definition) is 1. The van der Waals surface area contributed by atoms with Gasteiger partial charge >= 0.3 is 0 Å². The first-order valence-corrected chi connectivity index (χ1v) is 12.9. The van der Waals surface area contributed by atoms with E-state index in [2.05, 4.69) is 25.8 Å². The molecule has 0 radical (unpaired) electrons. The molecule has 8 nitrogen and oxygen atoms in total. The lowest BCUT2D eigenvalue weighted by molar-refractivity contribution is 0.0827. The summed E-state index contributed by atoms with van der Waals surface area (Å²) in [7, 11) is 2.00. The molecule has 0 aliphatic carbocycles. The summed E-state index contributed by atoms with van der Waals surface area (Å²) >= 11 is 0. The predicted molar refractivity (Wildman–Crippen MR) is 150 cm³/mol. The van der Waals surface area contributed by atoms with Crippen LogP contribution in [0.5, 0.6) is 0 Å². The van der Waals surface area contributed by atoms with Crippen LogP contribution in [-0.2, 0) is 20.0 Å². The first kappa shape index (κ1) is 18.4. The highest BCUT2D eigenvalue weighted by molar-refractivity contribution is 5.93. The minimum atomic E-state index is -3.08. The van der Waals surface area contributed by atoms with Gasteiger partial charge in [-0.25, -0.2) is 4.98 Å². The maximum atomic E-state index is 13.2. The normalized spacial score (nSPS) is 19.0. The van der Waals surface area contributed by atoms with Crippen molar-refractivity contribution in [1.82, 2.24) is 23.9 Å². The van der Waals surface area contributed by atoms with Gasteiger partial charge < -0.3 is 14.8 Å². The van der Waals surface area contributed by atoms with E-state index in [1.54, 1.807) is 22.9 Å². The number of likely N-dealkylation sites (tertiary alicyclic amines) is 1. The van der Waals surface area contributed by atoms with E-state index < -0.39 is 19.9 Å².